The van der Waals surface area contributed by atoms with Crippen LogP contribution in [0.2, 0.25) is 0 Å². The molecule has 1 saturated heterocycles. The molecule has 1 rings (SSSR count). The average molecular weight is 864 g/mol. The van der Waals surface area contributed by atoms with Gasteiger partial charge in [0.2, 0.25) is 5.91 Å². The third-order valence-corrected chi connectivity index (χ3v) is 11.6. The monoisotopic (exact) mass is 864 g/mol. The molecule has 0 spiro atoms. The van der Waals surface area contributed by atoms with Crippen molar-refractivity contribution in [2.75, 3.05) is 13.2 Å². The summed E-state index contributed by atoms with van der Waals surface area (Å²) in [6.07, 6.45) is 28.1. The van der Waals surface area contributed by atoms with Crippen molar-refractivity contribution in [1.82, 2.24) is 5.32 Å². The van der Waals surface area contributed by atoms with Crippen LogP contribution in [0.1, 0.15) is 194 Å². The predicted octanol–water partition coefficient (Wildman–Crippen LogP) is 7.91. The first kappa shape index (κ1) is 55.6. The van der Waals surface area contributed by atoms with E-state index in [1.807, 2.05) is 0 Å². The Labute approximate surface area is 357 Å². The minimum atomic E-state index is -5.11. The van der Waals surface area contributed by atoms with Crippen LogP contribution in [-0.4, -0.2) is 107 Å². The van der Waals surface area contributed by atoms with Gasteiger partial charge in [0.1, 0.15) is 30.5 Å². The number of carbonyl (C=O) groups excluding carboxylic acids is 1. The molecule has 0 aromatic carbocycles. The number of aliphatic hydroxyl groups is 5. The Balaban J connectivity index is 2.47. The van der Waals surface area contributed by atoms with Gasteiger partial charge in [0, 0.05) is 0 Å². The summed E-state index contributed by atoms with van der Waals surface area (Å²) in [7, 11) is -5.11. The van der Waals surface area contributed by atoms with Crippen LogP contribution in [0.4, 0.5) is 0 Å². The van der Waals surface area contributed by atoms with Crippen molar-refractivity contribution in [3.8, 4) is 0 Å². The highest BCUT2D eigenvalue weighted by Gasteiger charge is 2.48. The zero-order valence-corrected chi connectivity index (χ0v) is 37.5. The van der Waals surface area contributed by atoms with Crippen LogP contribution in [0.3, 0.4) is 0 Å². The second-order valence-electron chi connectivity index (χ2n) is 16.5. The third-order valence-electron chi connectivity index (χ3n) is 11.1. The maximum Gasteiger partial charge on any atom is 0.397 e. The zero-order valence-electron chi connectivity index (χ0n) is 36.7. The number of allylic oxidation sites excluding steroid dienone is 4. The Hall–Kier alpha value is -1.46. The lowest BCUT2D eigenvalue weighted by Crippen LogP contribution is -2.61. The number of amides is 1. The van der Waals surface area contributed by atoms with Gasteiger partial charge in [-0.2, -0.15) is 8.42 Å². The highest BCUT2D eigenvalue weighted by molar-refractivity contribution is 7.80. The van der Waals surface area contributed by atoms with E-state index in [0.29, 0.717) is 19.3 Å². The molecule has 8 atom stereocenters. The molecular formula is C45H85NO12S. The van der Waals surface area contributed by atoms with Crippen molar-refractivity contribution in [3.05, 3.63) is 24.3 Å². The Morgan fingerprint density at radius 2 is 1.19 bits per heavy atom. The van der Waals surface area contributed by atoms with Gasteiger partial charge in [-0.3, -0.25) is 9.35 Å². The average Bonchev–Trinajstić information content (AvgIpc) is 3.20. The molecule has 1 fully saturated rings. The highest BCUT2D eigenvalue weighted by atomic mass is 32.3. The van der Waals surface area contributed by atoms with Crippen molar-refractivity contribution in [1.29, 1.82) is 0 Å². The van der Waals surface area contributed by atoms with E-state index in [9.17, 15) is 38.7 Å². The smallest absolute Gasteiger partial charge is 0.394 e. The molecule has 348 valence electrons. The minimum absolute atomic E-state index is 0.260. The molecular weight excluding hydrogens is 779 g/mol. The SMILES string of the molecule is CC/C=C\C/C=C\CCCCCCCCCCCCCCCC(O)C(=O)NC(COC1OC(CO)C(O)C(OS(=O)(=O)O)C1O)C(O)CCCCCCCCCCCC. The van der Waals surface area contributed by atoms with Gasteiger partial charge in [-0.05, 0) is 38.5 Å². The molecule has 0 aromatic rings. The molecule has 0 saturated carbocycles. The molecule has 59 heavy (non-hydrogen) atoms. The number of carbonyl (C=O) groups is 1. The van der Waals surface area contributed by atoms with Crippen LogP contribution in [-0.2, 0) is 28.9 Å². The minimum Gasteiger partial charge on any atom is -0.394 e. The molecule has 7 N–H and O–H groups in total. The number of nitrogens with one attached hydrogen (secondary N) is 1. The van der Waals surface area contributed by atoms with E-state index in [4.69, 9.17) is 14.0 Å². The topological polar surface area (TPSA) is 212 Å². The molecule has 0 aromatic heterocycles. The Bertz CT molecular complexity index is 1170. The third kappa shape index (κ3) is 28.7. The number of hydrogen-bond donors (Lipinski definition) is 7. The molecule has 14 heteroatoms. The van der Waals surface area contributed by atoms with Gasteiger partial charge in [0.25, 0.3) is 0 Å². The molecule has 1 heterocycles. The second kappa shape index (κ2) is 36.1. The van der Waals surface area contributed by atoms with Gasteiger partial charge >= 0.3 is 10.4 Å². The van der Waals surface area contributed by atoms with Crippen LogP contribution in [0, 0.1) is 0 Å². The summed E-state index contributed by atoms with van der Waals surface area (Å²) in [5.41, 5.74) is 0. The van der Waals surface area contributed by atoms with Crippen molar-refractivity contribution >= 4 is 16.3 Å². The van der Waals surface area contributed by atoms with E-state index in [1.54, 1.807) is 0 Å². The largest absolute Gasteiger partial charge is 0.397 e. The quantitative estimate of drug-likeness (QED) is 0.0179. The molecule has 8 unspecified atom stereocenters. The van der Waals surface area contributed by atoms with Crippen LogP contribution in [0.5, 0.6) is 0 Å². The predicted molar refractivity (Wildman–Crippen MR) is 233 cm³/mol. The maximum absolute atomic E-state index is 13.1. The van der Waals surface area contributed by atoms with Crippen molar-refractivity contribution in [2.45, 2.75) is 243 Å². The Kier molecular flexibility index (Phi) is 34.0. The van der Waals surface area contributed by atoms with E-state index < -0.39 is 78.5 Å². The Morgan fingerprint density at radius 1 is 0.695 bits per heavy atom. The van der Waals surface area contributed by atoms with Crippen LogP contribution >= 0.6 is 0 Å². The van der Waals surface area contributed by atoms with E-state index in [2.05, 4.69) is 47.7 Å². The number of ether oxygens (including phenoxy) is 2. The standard InChI is InChI=1S/C45H85NO12S/c1-3-5-7-9-11-13-15-16-17-18-19-20-21-22-23-24-26-28-30-32-34-39(49)44(52)46-37(38(48)33-31-29-27-25-14-12-10-8-6-4-2)36-56-45-42(51)43(58-59(53,54)55)41(50)40(35-47)57-45/h5,7,11,13,37-43,45,47-51H,3-4,6,8-10,12,14-36H2,1-2H3,(H,46,52)(H,53,54,55)/b7-5-,13-11-. The van der Waals surface area contributed by atoms with Crippen LogP contribution in [0.25, 0.3) is 0 Å². The summed E-state index contributed by atoms with van der Waals surface area (Å²) in [4.78, 5) is 13.1. The first-order valence-electron chi connectivity index (χ1n) is 23.3. The van der Waals surface area contributed by atoms with E-state index >= 15 is 0 Å². The summed E-state index contributed by atoms with van der Waals surface area (Å²) in [6, 6.07) is -1.03. The van der Waals surface area contributed by atoms with Crippen molar-refractivity contribution in [3.63, 3.8) is 0 Å². The summed E-state index contributed by atoms with van der Waals surface area (Å²) in [5, 5.41) is 55.3. The molecule has 0 radical (unpaired) electrons. The second-order valence-corrected chi connectivity index (χ2v) is 17.5. The molecule has 1 amide bonds. The fourth-order valence-corrected chi connectivity index (χ4v) is 7.95. The van der Waals surface area contributed by atoms with Gasteiger partial charge in [-0.15, -0.1) is 0 Å². The molecule has 1 aliphatic heterocycles. The van der Waals surface area contributed by atoms with E-state index in [0.717, 1.165) is 51.4 Å². The van der Waals surface area contributed by atoms with Gasteiger partial charge in [0.05, 0.1) is 25.4 Å². The highest BCUT2D eigenvalue weighted by Crippen LogP contribution is 2.26. The molecule has 0 bridgehead atoms. The summed E-state index contributed by atoms with van der Waals surface area (Å²) in [5.74, 6) is -0.672. The molecule has 1 aliphatic rings. The fourth-order valence-electron chi connectivity index (χ4n) is 7.44. The summed E-state index contributed by atoms with van der Waals surface area (Å²) in [6.45, 7) is 3.15. The maximum atomic E-state index is 13.1. The van der Waals surface area contributed by atoms with Crippen molar-refractivity contribution in [2.24, 2.45) is 0 Å². The van der Waals surface area contributed by atoms with Crippen LogP contribution in [0.15, 0.2) is 24.3 Å². The normalized spacial score (nSPS) is 21.7. The number of hydrogen-bond acceptors (Lipinski definition) is 11. The first-order valence-corrected chi connectivity index (χ1v) is 24.7. The summed E-state index contributed by atoms with van der Waals surface area (Å²) >= 11 is 0. The van der Waals surface area contributed by atoms with E-state index in [-0.39, 0.29) is 6.42 Å². The number of rotatable bonds is 39. The van der Waals surface area contributed by atoms with Crippen molar-refractivity contribution < 1.29 is 57.0 Å². The lowest BCUT2D eigenvalue weighted by Gasteiger charge is -2.41. The van der Waals surface area contributed by atoms with Gasteiger partial charge in [-0.25, -0.2) is 4.18 Å². The summed E-state index contributed by atoms with van der Waals surface area (Å²) < 4.78 is 47.5. The lowest BCUT2D eigenvalue weighted by molar-refractivity contribution is -0.298. The van der Waals surface area contributed by atoms with Gasteiger partial charge < -0.3 is 40.3 Å². The Morgan fingerprint density at radius 3 is 1.69 bits per heavy atom. The zero-order chi connectivity index (χ0) is 43.6. The number of aliphatic hydroxyl groups excluding tert-OH is 5. The fraction of sp³-hybridized carbons (Fsp3) is 0.889. The van der Waals surface area contributed by atoms with Gasteiger partial charge in [-0.1, -0.05) is 179 Å². The van der Waals surface area contributed by atoms with Crippen LogP contribution < -0.4 is 5.32 Å². The molecule has 13 nitrogen and oxygen atoms in total. The van der Waals surface area contributed by atoms with E-state index in [1.165, 1.54) is 103 Å². The van der Waals surface area contributed by atoms with Gasteiger partial charge in [0.15, 0.2) is 6.29 Å². The number of unbranched alkanes of at least 4 members (excludes halogenated alkanes) is 22. The molecule has 0 aliphatic carbocycles. The lowest BCUT2D eigenvalue weighted by atomic mass is 9.99. The first-order chi connectivity index (χ1) is 28.4.